The van der Waals surface area contributed by atoms with Crippen LogP contribution in [0.4, 0.5) is 0 Å². The summed E-state index contributed by atoms with van der Waals surface area (Å²) in [6.45, 7) is 7.04. The second-order valence-corrected chi connectivity index (χ2v) is 7.43. The molecule has 0 atom stereocenters. The predicted molar refractivity (Wildman–Crippen MR) is 79.0 cm³/mol. The summed E-state index contributed by atoms with van der Waals surface area (Å²) < 4.78 is 0. The van der Waals surface area contributed by atoms with Crippen LogP contribution in [0.25, 0.3) is 0 Å². The topological polar surface area (TPSA) is 20.2 Å². The van der Waals surface area contributed by atoms with Crippen LogP contribution in [0.1, 0.15) is 58.4 Å². The van der Waals surface area contributed by atoms with E-state index in [0.29, 0.717) is 5.41 Å². The van der Waals surface area contributed by atoms with E-state index in [1.54, 1.807) is 11.3 Å². The molecule has 0 spiro atoms. The van der Waals surface area contributed by atoms with E-state index in [9.17, 15) is 5.11 Å². The SMILES string of the molecule is CCC(C)(C)C1CCC(O)(Cc2ccsc2)CC1. The van der Waals surface area contributed by atoms with Crippen LogP contribution in [-0.4, -0.2) is 10.7 Å². The Kier molecular flexibility index (Phi) is 4.18. The van der Waals surface area contributed by atoms with Crippen LogP contribution < -0.4 is 0 Å². The lowest BCUT2D eigenvalue weighted by Crippen LogP contribution is -2.39. The summed E-state index contributed by atoms with van der Waals surface area (Å²) in [6, 6.07) is 2.14. The Labute approximate surface area is 115 Å². The van der Waals surface area contributed by atoms with Crippen molar-refractivity contribution in [2.24, 2.45) is 11.3 Å². The van der Waals surface area contributed by atoms with E-state index in [4.69, 9.17) is 0 Å². The fraction of sp³-hybridized carbons (Fsp3) is 0.750. The van der Waals surface area contributed by atoms with Gasteiger partial charge in [-0.1, -0.05) is 27.2 Å². The van der Waals surface area contributed by atoms with Gasteiger partial charge in [0.15, 0.2) is 0 Å². The highest BCUT2D eigenvalue weighted by Crippen LogP contribution is 2.44. The molecule has 0 aliphatic heterocycles. The van der Waals surface area contributed by atoms with E-state index in [2.05, 4.69) is 37.6 Å². The van der Waals surface area contributed by atoms with Crippen LogP contribution in [0.15, 0.2) is 16.8 Å². The second kappa shape index (κ2) is 5.34. The molecule has 1 aromatic heterocycles. The molecule has 1 aliphatic rings. The van der Waals surface area contributed by atoms with Gasteiger partial charge in [0.2, 0.25) is 0 Å². The largest absolute Gasteiger partial charge is 0.390 e. The Bertz CT molecular complexity index is 358. The van der Waals surface area contributed by atoms with Gasteiger partial charge in [-0.25, -0.2) is 0 Å². The third kappa shape index (κ3) is 3.16. The van der Waals surface area contributed by atoms with Gasteiger partial charge in [0.1, 0.15) is 0 Å². The fourth-order valence-corrected chi connectivity index (χ4v) is 3.84. The van der Waals surface area contributed by atoms with Crippen LogP contribution in [-0.2, 0) is 6.42 Å². The molecule has 1 aromatic rings. The molecule has 0 radical (unpaired) electrons. The van der Waals surface area contributed by atoms with Gasteiger partial charge in [0.25, 0.3) is 0 Å². The summed E-state index contributed by atoms with van der Waals surface area (Å²) in [5.74, 6) is 0.783. The first kappa shape index (κ1) is 14.1. The highest BCUT2D eigenvalue weighted by Gasteiger charge is 2.38. The Morgan fingerprint density at radius 2 is 2.06 bits per heavy atom. The van der Waals surface area contributed by atoms with Crippen LogP contribution in [0.5, 0.6) is 0 Å². The summed E-state index contributed by atoms with van der Waals surface area (Å²) in [5.41, 5.74) is 1.29. The maximum absolute atomic E-state index is 10.7. The van der Waals surface area contributed by atoms with Crippen LogP contribution in [0.3, 0.4) is 0 Å². The van der Waals surface area contributed by atoms with Gasteiger partial charge in [-0.05, 0) is 59.4 Å². The van der Waals surface area contributed by atoms with Crippen molar-refractivity contribution in [3.63, 3.8) is 0 Å². The molecule has 0 amide bonds. The monoisotopic (exact) mass is 266 g/mol. The highest BCUT2D eigenvalue weighted by molar-refractivity contribution is 7.07. The molecule has 2 heteroatoms. The zero-order valence-corrected chi connectivity index (χ0v) is 12.7. The lowest BCUT2D eigenvalue weighted by Gasteiger charge is -2.42. The van der Waals surface area contributed by atoms with Crippen molar-refractivity contribution < 1.29 is 5.11 Å². The summed E-state index contributed by atoms with van der Waals surface area (Å²) in [5, 5.41) is 15.0. The molecule has 102 valence electrons. The first-order chi connectivity index (χ1) is 8.45. The Morgan fingerprint density at radius 1 is 1.39 bits per heavy atom. The molecule has 1 aliphatic carbocycles. The number of aliphatic hydroxyl groups is 1. The molecule has 1 nitrogen and oxygen atoms in total. The molecule has 0 unspecified atom stereocenters. The van der Waals surface area contributed by atoms with Crippen molar-refractivity contribution >= 4 is 11.3 Å². The average molecular weight is 266 g/mol. The molecule has 1 fully saturated rings. The van der Waals surface area contributed by atoms with Gasteiger partial charge in [-0.3, -0.25) is 0 Å². The lowest BCUT2D eigenvalue weighted by molar-refractivity contribution is -0.0275. The van der Waals surface area contributed by atoms with Crippen molar-refractivity contribution in [1.82, 2.24) is 0 Å². The molecule has 18 heavy (non-hydrogen) atoms. The van der Waals surface area contributed by atoms with Gasteiger partial charge in [-0.15, -0.1) is 0 Å². The van der Waals surface area contributed by atoms with E-state index < -0.39 is 5.60 Å². The van der Waals surface area contributed by atoms with E-state index in [1.807, 2.05) is 0 Å². The Balaban J connectivity index is 1.93. The van der Waals surface area contributed by atoms with Crippen LogP contribution in [0.2, 0.25) is 0 Å². The van der Waals surface area contributed by atoms with Crippen molar-refractivity contribution in [2.75, 3.05) is 0 Å². The standard InChI is InChI=1S/C16H26OS/c1-4-15(2,3)14-5-8-16(17,9-6-14)11-13-7-10-18-12-13/h7,10,12,14,17H,4-6,8-9,11H2,1-3H3. The van der Waals surface area contributed by atoms with Gasteiger partial charge < -0.3 is 5.11 Å². The molecule has 1 saturated carbocycles. The van der Waals surface area contributed by atoms with Crippen LogP contribution in [0, 0.1) is 11.3 Å². The Hall–Kier alpha value is -0.340. The minimum Gasteiger partial charge on any atom is -0.390 e. The molecule has 0 saturated heterocycles. The molecule has 0 bridgehead atoms. The quantitative estimate of drug-likeness (QED) is 0.841. The summed E-state index contributed by atoms with van der Waals surface area (Å²) in [6.07, 6.45) is 6.38. The maximum atomic E-state index is 10.7. The zero-order chi connectivity index (χ0) is 13.2. The normalized spacial score (nSPS) is 29.4. The highest BCUT2D eigenvalue weighted by atomic mass is 32.1. The van der Waals surface area contributed by atoms with E-state index in [1.165, 1.54) is 24.8 Å². The number of thiophene rings is 1. The van der Waals surface area contributed by atoms with Crippen molar-refractivity contribution in [3.05, 3.63) is 22.4 Å². The lowest BCUT2D eigenvalue weighted by atomic mass is 9.65. The molecule has 2 rings (SSSR count). The fourth-order valence-electron chi connectivity index (χ4n) is 3.18. The predicted octanol–water partition coefficient (Wildman–Crippen LogP) is 4.65. The molecule has 1 heterocycles. The molecule has 0 aromatic carbocycles. The average Bonchev–Trinajstić information content (AvgIpc) is 2.82. The minimum absolute atomic E-state index is 0.434. The third-order valence-electron chi connectivity index (χ3n) is 5.05. The van der Waals surface area contributed by atoms with Crippen molar-refractivity contribution in [1.29, 1.82) is 0 Å². The Morgan fingerprint density at radius 3 is 2.56 bits per heavy atom. The summed E-state index contributed by atoms with van der Waals surface area (Å²) in [7, 11) is 0. The third-order valence-corrected chi connectivity index (χ3v) is 5.78. The van der Waals surface area contributed by atoms with Gasteiger partial charge in [0.05, 0.1) is 5.60 Å². The first-order valence-electron chi connectivity index (χ1n) is 7.19. The smallest absolute Gasteiger partial charge is 0.0688 e. The van der Waals surface area contributed by atoms with Crippen molar-refractivity contribution in [3.8, 4) is 0 Å². The second-order valence-electron chi connectivity index (χ2n) is 6.65. The summed E-state index contributed by atoms with van der Waals surface area (Å²) in [4.78, 5) is 0. The van der Waals surface area contributed by atoms with Gasteiger partial charge in [0, 0.05) is 6.42 Å². The summed E-state index contributed by atoms with van der Waals surface area (Å²) >= 11 is 1.72. The maximum Gasteiger partial charge on any atom is 0.0688 e. The van der Waals surface area contributed by atoms with Gasteiger partial charge in [-0.2, -0.15) is 11.3 Å². The number of hydrogen-bond donors (Lipinski definition) is 1. The van der Waals surface area contributed by atoms with Crippen LogP contribution >= 0.6 is 11.3 Å². The van der Waals surface area contributed by atoms with E-state index in [-0.39, 0.29) is 0 Å². The minimum atomic E-state index is -0.443. The molecule has 1 N–H and O–H groups in total. The zero-order valence-electron chi connectivity index (χ0n) is 11.9. The van der Waals surface area contributed by atoms with Gasteiger partial charge >= 0.3 is 0 Å². The molecular weight excluding hydrogens is 240 g/mol. The number of hydrogen-bond acceptors (Lipinski definition) is 2. The number of rotatable bonds is 4. The first-order valence-corrected chi connectivity index (χ1v) is 8.13. The van der Waals surface area contributed by atoms with E-state index in [0.717, 1.165) is 25.2 Å². The molecular formula is C16H26OS. The van der Waals surface area contributed by atoms with Crippen molar-refractivity contribution in [2.45, 2.75) is 64.9 Å². The van der Waals surface area contributed by atoms with E-state index >= 15 is 0 Å².